The van der Waals surface area contributed by atoms with E-state index in [0.29, 0.717) is 22.3 Å². The van der Waals surface area contributed by atoms with E-state index in [-0.39, 0.29) is 42.3 Å². The lowest BCUT2D eigenvalue weighted by Crippen LogP contribution is -2.53. The molecule has 294 valence electrons. The normalized spacial score (nSPS) is 14.2. The Balaban J connectivity index is 1.53. The van der Waals surface area contributed by atoms with Crippen LogP contribution in [-0.4, -0.2) is 23.9 Å². The van der Waals surface area contributed by atoms with Gasteiger partial charge in [0.05, 0.1) is 28.9 Å². The quantitative estimate of drug-likeness (QED) is 0.0712. The van der Waals surface area contributed by atoms with Crippen molar-refractivity contribution in [3.8, 4) is 6.07 Å². The lowest BCUT2D eigenvalue weighted by molar-refractivity contribution is -0.186. The number of ether oxygens (including phenoxy) is 3. The van der Waals surface area contributed by atoms with Crippen LogP contribution in [0.25, 0.3) is 0 Å². The summed E-state index contributed by atoms with van der Waals surface area (Å²) in [6.07, 6.45) is -5.56. The van der Waals surface area contributed by atoms with Crippen molar-refractivity contribution in [2.45, 2.75) is 45.4 Å². The number of benzene rings is 5. The molecule has 1 atom stereocenters. The van der Waals surface area contributed by atoms with Gasteiger partial charge in [-0.15, -0.1) is 0 Å². The average Bonchev–Trinajstić information content (AvgIpc) is 3.24. The first-order valence-corrected chi connectivity index (χ1v) is 18.0. The molecule has 0 fully saturated rings. The molecular formula is C45H36F3N3O7. The van der Waals surface area contributed by atoms with Crippen LogP contribution in [0, 0.1) is 16.7 Å². The lowest BCUT2D eigenvalue weighted by atomic mass is 9.77. The van der Waals surface area contributed by atoms with E-state index in [1.165, 1.54) is 37.3 Å². The van der Waals surface area contributed by atoms with Gasteiger partial charge in [0.1, 0.15) is 19.8 Å². The number of anilines is 1. The molecule has 0 aromatic heterocycles. The van der Waals surface area contributed by atoms with Crippen LogP contribution in [0.15, 0.2) is 151 Å². The molecule has 2 amide bonds. The number of alkyl halides is 3. The highest BCUT2D eigenvalue weighted by Gasteiger charge is 2.59. The van der Waals surface area contributed by atoms with Gasteiger partial charge >= 0.3 is 30.1 Å². The van der Waals surface area contributed by atoms with Crippen LogP contribution in [0.2, 0.25) is 0 Å². The van der Waals surface area contributed by atoms with Crippen molar-refractivity contribution in [3.63, 3.8) is 0 Å². The summed E-state index contributed by atoms with van der Waals surface area (Å²) in [5.41, 5.74) is -1.79. The molecule has 10 nitrogen and oxygen atoms in total. The van der Waals surface area contributed by atoms with Crippen LogP contribution in [0.4, 0.5) is 23.7 Å². The number of allylic oxidation sites excluding steroid dienone is 1. The number of carbonyl (C=O) groups excluding carboxylic acids is 4. The maximum atomic E-state index is 14.7. The molecule has 0 saturated carbocycles. The van der Waals surface area contributed by atoms with E-state index < -0.39 is 53.6 Å². The van der Waals surface area contributed by atoms with Crippen molar-refractivity contribution in [1.82, 2.24) is 5.32 Å². The Bertz CT molecular complexity index is 2210. The van der Waals surface area contributed by atoms with E-state index in [1.54, 1.807) is 91.0 Å². The van der Waals surface area contributed by atoms with Crippen LogP contribution < -0.4 is 10.2 Å². The SMILES string of the molecule is CC1=C(CC(C(=O)OCc2ccccc2)(C(=O)OCc2ccccc2)C(=O)OCc2ccccc2)C(c2ccc(C#N)cc2)NC(=O)N1c1cccc(C(F)(F)F)c1. The molecule has 13 heteroatoms. The van der Waals surface area contributed by atoms with Gasteiger partial charge in [0, 0.05) is 12.1 Å². The molecule has 0 radical (unpaired) electrons. The minimum Gasteiger partial charge on any atom is -0.460 e. The molecule has 0 spiro atoms. The summed E-state index contributed by atoms with van der Waals surface area (Å²) in [6.45, 7) is 0.353. The Morgan fingerprint density at radius 2 is 1.16 bits per heavy atom. The monoisotopic (exact) mass is 787 g/mol. The van der Waals surface area contributed by atoms with E-state index in [2.05, 4.69) is 5.32 Å². The molecular weight excluding hydrogens is 752 g/mol. The Morgan fingerprint density at radius 1 is 0.690 bits per heavy atom. The highest BCUT2D eigenvalue weighted by molar-refractivity contribution is 6.18. The fourth-order valence-corrected chi connectivity index (χ4v) is 6.47. The number of hydrogen-bond donors (Lipinski definition) is 1. The second kappa shape index (κ2) is 17.7. The number of nitriles is 1. The topological polar surface area (TPSA) is 135 Å². The largest absolute Gasteiger partial charge is 0.460 e. The number of amides is 2. The minimum absolute atomic E-state index is 0.00406. The number of hydrogen-bond acceptors (Lipinski definition) is 8. The zero-order valence-corrected chi connectivity index (χ0v) is 31.1. The zero-order chi connectivity index (χ0) is 41.3. The van der Waals surface area contributed by atoms with E-state index >= 15 is 0 Å². The third-order valence-corrected chi connectivity index (χ3v) is 9.56. The Kier molecular flexibility index (Phi) is 12.4. The van der Waals surface area contributed by atoms with Crippen LogP contribution >= 0.6 is 0 Å². The summed E-state index contributed by atoms with van der Waals surface area (Å²) < 4.78 is 59.0. The first kappa shape index (κ1) is 40.5. The van der Waals surface area contributed by atoms with E-state index in [9.17, 15) is 37.6 Å². The fraction of sp³-hybridized carbons (Fsp3) is 0.178. The predicted molar refractivity (Wildman–Crippen MR) is 205 cm³/mol. The van der Waals surface area contributed by atoms with E-state index in [1.807, 2.05) is 6.07 Å². The highest BCUT2D eigenvalue weighted by atomic mass is 19.4. The zero-order valence-electron chi connectivity index (χ0n) is 31.1. The number of carbonyl (C=O) groups is 4. The third-order valence-electron chi connectivity index (χ3n) is 9.56. The lowest BCUT2D eigenvalue weighted by Gasteiger charge is -2.39. The Morgan fingerprint density at radius 3 is 1.59 bits per heavy atom. The second-order valence-electron chi connectivity index (χ2n) is 13.4. The number of nitrogens with zero attached hydrogens (tertiary/aromatic N) is 2. The van der Waals surface area contributed by atoms with Gasteiger partial charge in [-0.05, 0) is 65.1 Å². The van der Waals surface area contributed by atoms with Gasteiger partial charge in [0.2, 0.25) is 0 Å². The van der Waals surface area contributed by atoms with Crippen molar-refractivity contribution in [3.05, 3.63) is 184 Å². The summed E-state index contributed by atoms with van der Waals surface area (Å²) in [5, 5.41) is 12.3. The molecule has 6 rings (SSSR count). The summed E-state index contributed by atoms with van der Waals surface area (Å²) in [7, 11) is 0. The maximum absolute atomic E-state index is 14.7. The van der Waals surface area contributed by atoms with Crippen molar-refractivity contribution < 1.29 is 46.6 Å². The fourth-order valence-electron chi connectivity index (χ4n) is 6.47. The molecule has 1 unspecified atom stereocenters. The molecule has 1 aliphatic rings. The third kappa shape index (κ3) is 9.08. The number of rotatable bonds is 13. The van der Waals surface area contributed by atoms with Gasteiger partial charge in [0.25, 0.3) is 5.41 Å². The number of esters is 3. The van der Waals surface area contributed by atoms with Gasteiger partial charge in [-0.25, -0.2) is 4.79 Å². The van der Waals surface area contributed by atoms with Crippen molar-refractivity contribution in [2.24, 2.45) is 5.41 Å². The Labute approximate surface area is 332 Å². The van der Waals surface area contributed by atoms with Crippen LogP contribution in [0.1, 0.15) is 52.8 Å². The van der Waals surface area contributed by atoms with Gasteiger partial charge in [-0.1, -0.05) is 109 Å². The molecule has 0 bridgehead atoms. The molecule has 1 aliphatic heterocycles. The van der Waals surface area contributed by atoms with Crippen molar-refractivity contribution in [2.75, 3.05) is 4.90 Å². The van der Waals surface area contributed by atoms with E-state index in [0.717, 1.165) is 23.1 Å². The van der Waals surface area contributed by atoms with Gasteiger partial charge in [0.15, 0.2) is 0 Å². The average molecular weight is 788 g/mol. The first-order valence-electron chi connectivity index (χ1n) is 18.0. The van der Waals surface area contributed by atoms with Crippen LogP contribution in [-0.2, 0) is 54.6 Å². The van der Waals surface area contributed by atoms with Crippen LogP contribution in [0.5, 0.6) is 0 Å². The molecule has 0 aliphatic carbocycles. The number of nitrogens with one attached hydrogen (secondary N) is 1. The number of urea groups is 1. The predicted octanol–water partition coefficient (Wildman–Crippen LogP) is 8.73. The van der Waals surface area contributed by atoms with Crippen LogP contribution in [0.3, 0.4) is 0 Å². The maximum Gasteiger partial charge on any atom is 0.416 e. The summed E-state index contributed by atoms with van der Waals surface area (Å²) in [6, 6.07) is 35.7. The summed E-state index contributed by atoms with van der Waals surface area (Å²) in [5.74, 6) is -3.98. The summed E-state index contributed by atoms with van der Waals surface area (Å²) in [4.78, 5) is 59.0. The molecule has 5 aromatic carbocycles. The van der Waals surface area contributed by atoms with Gasteiger partial charge in [-0.2, -0.15) is 18.4 Å². The molecule has 0 saturated heterocycles. The first-order chi connectivity index (χ1) is 27.9. The molecule has 5 aromatic rings. The van der Waals surface area contributed by atoms with Gasteiger partial charge < -0.3 is 19.5 Å². The van der Waals surface area contributed by atoms with E-state index in [4.69, 9.17) is 14.2 Å². The molecule has 58 heavy (non-hydrogen) atoms. The van der Waals surface area contributed by atoms with Crippen molar-refractivity contribution >= 4 is 29.6 Å². The molecule has 1 N–H and O–H groups in total. The van der Waals surface area contributed by atoms with Gasteiger partial charge in [-0.3, -0.25) is 19.3 Å². The van der Waals surface area contributed by atoms with Crippen molar-refractivity contribution in [1.29, 1.82) is 5.26 Å². The highest BCUT2D eigenvalue weighted by Crippen LogP contribution is 2.43. The summed E-state index contributed by atoms with van der Waals surface area (Å²) >= 11 is 0. The smallest absolute Gasteiger partial charge is 0.416 e. The number of halogens is 3. The molecule has 1 heterocycles. The second-order valence-corrected chi connectivity index (χ2v) is 13.4. The minimum atomic E-state index is -4.75. The standard InChI is InChI=1S/C45H36F3N3O7/c1-30-38(39(35-22-20-31(26-49)21-23-35)50-43(55)51(30)37-19-11-18-36(24-37)45(46,47)48)25-44(40(52)56-27-32-12-5-2-6-13-32,41(53)57-28-33-14-7-3-8-15-33)42(54)58-29-34-16-9-4-10-17-34/h2-24,39H,25,27-29H2,1H3,(H,50,55). The Hall–Kier alpha value is -7.20.